The van der Waals surface area contributed by atoms with Gasteiger partial charge in [0.15, 0.2) is 5.43 Å². The number of pyridine rings is 1. The van der Waals surface area contributed by atoms with Crippen LogP contribution in [0.5, 0.6) is 0 Å². The van der Waals surface area contributed by atoms with Gasteiger partial charge in [0.25, 0.3) is 0 Å². The fraction of sp³-hybridized carbons (Fsp3) is 0. The van der Waals surface area contributed by atoms with Crippen LogP contribution < -0.4 is 5.43 Å². The fourth-order valence-electron chi connectivity index (χ4n) is 2.50. The van der Waals surface area contributed by atoms with Gasteiger partial charge in [-0.25, -0.2) is 0 Å². The van der Waals surface area contributed by atoms with Crippen LogP contribution in [0.3, 0.4) is 0 Å². The van der Waals surface area contributed by atoms with E-state index in [2.05, 4.69) is 4.98 Å². The zero-order valence-electron chi connectivity index (χ0n) is 11.1. The first-order valence-electron chi connectivity index (χ1n) is 6.68. The van der Waals surface area contributed by atoms with Crippen LogP contribution >= 0.6 is 0 Å². The molecule has 2 heterocycles. The molecule has 3 nitrogen and oxygen atoms in total. The van der Waals surface area contributed by atoms with Crippen LogP contribution in [0.1, 0.15) is 0 Å². The molecule has 2 aromatic heterocycles. The molecule has 0 radical (unpaired) electrons. The quantitative estimate of drug-likeness (QED) is 0.492. The minimum atomic E-state index is -0.0335. The highest BCUT2D eigenvalue weighted by Crippen LogP contribution is 2.25. The van der Waals surface area contributed by atoms with Crippen molar-refractivity contribution in [1.82, 2.24) is 4.98 Å². The summed E-state index contributed by atoms with van der Waals surface area (Å²) in [5, 5.41) is 2.69. The number of fused-ring (bicyclic) bond motifs is 2. The Kier molecular flexibility index (Phi) is 2.57. The molecule has 0 spiro atoms. The molecular weight excluding hydrogens is 262 g/mol. The van der Waals surface area contributed by atoms with Crippen LogP contribution in [-0.2, 0) is 0 Å². The van der Waals surface area contributed by atoms with Crippen molar-refractivity contribution in [3.8, 4) is 11.3 Å². The predicted octanol–water partition coefficient (Wildman–Crippen LogP) is 4.01. The summed E-state index contributed by atoms with van der Waals surface area (Å²) in [6, 6.07) is 16.9. The van der Waals surface area contributed by atoms with Crippen LogP contribution in [0.4, 0.5) is 0 Å². The van der Waals surface area contributed by atoms with Gasteiger partial charge in [-0.2, -0.15) is 0 Å². The van der Waals surface area contributed by atoms with Crippen LogP contribution in [0, 0.1) is 0 Å². The van der Waals surface area contributed by atoms with Crippen molar-refractivity contribution in [2.75, 3.05) is 0 Å². The smallest absolute Gasteiger partial charge is 0.193 e. The Balaban J connectivity index is 2.05. The molecule has 0 atom stereocenters. The first-order chi connectivity index (χ1) is 10.3. The van der Waals surface area contributed by atoms with Crippen LogP contribution in [0.15, 0.2) is 76.2 Å². The molecular formula is C18H11NO2. The minimum absolute atomic E-state index is 0.0335. The second kappa shape index (κ2) is 4.56. The van der Waals surface area contributed by atoms with E-state index in [1.54, 1.807) is 12.4 Å². The van der Waals surface area contributed by atoms with Crippen LogP contribution in [-0.4, -0.2) is 4.98 Å². The molecule has 0 saturated carbocycles. The summed E-state index contributed by atoms with van der Waals surface area (Å²) in [7, 11) is 0. The molecule has 4 rings (SSSR count). The molecule has 0 saturated heterocycles. The number of aromatic nitrogens is 1. The molecule has 0 N–H and O–H groups in total. The number of nitrogens with zero attached hydrogens (tertiary/aromatic N) is 1. The Bertz CT molecular complexity index is 1000. The molecule has 0 aliphatic rings. The van der Waals surface area contributed by atoms with Gasteiger partial charge in [0.2, 0.25) is 0 Å². The average molecular weight is 273 g/mol. The van der Waals surface area contributed by atoms with Crippen molar-refractivity contribution in [3.63, 3.8) is 0 Å². The average Bonchev–Trinajstić information content (AvgIpc) is 2.54. The lowest BCUT2D eigenvalue weighted by molar-refractivity contribution is 0.619. The molecule has 21 heavy (non-hydrogen) atoms. The normalized spacial score (nSPS) is 11.0. The molecule has 2 aromatic carbocycles. The number of benzene rings is 2. The van der Waals surface area contributed by atoms with Gasteiger partial charge < -0.3 is 4.42 Å². The lowest BCUT2D eigenvalue weighted by atomic mass is 10.1. The predicted molar refractivity (Wildman–Crippen MR) is 83.2 cm³/mol. The van der Waals surface area contributed by atoms with E-state index in [0.717, 1.165) is 16.3 Å². The molecule has 0 aliphatic carbocycles. The topological polar surface area (TPSA) is 43.1 Å². The first-order valence-corrected chi connectivity index (χ1v) is 6.68. The molecule has 4 aromatic rings. The van der Waals surface area contributed by atoms with Gasteiger partial charge >= 0.3 is 0 Å². The monoisotopic (exact) mass is 273 g/mol. The van der Waals surface area contributed by atoms with Gasteiger partial charge in [-0.05, 0) is 35.0 Å². The van der Waals surface area contributed by atoms with E-state index in [1.165, 1.54) is 6.07 Å². The maximum absolute atomic E-state index is 12.3. The Morgan fingerprint density at radius 3 is 2.33 bits per heavy atom. The van der Waals surface area contributed by atoms with Gasteiger partial charge in [0.1, 0.15) is 11.3 Å². The molecule has 0 unspecified atom stereocenters. The molecule has 3 heteroatoms. The maximum atomic E-state index is 12.3. The third-order valence-electron chi connectivity index (χ3n) is 3.56. The highest BCUT2D eigenvalue weighted by atomic mass is 16.3. The van der Waals surface area contributed by atoms with Gasteiger partial charge in [0, 0.05) is 24.0 Å². The lowest BCUT2D eigenvalue weighted by Gasteiger charge is -2.04. The second-order valence-electron chi connectivity index (χ2n) is 4.91. The number of hydrogen-bond acceptors (Lipinski definition) is 3. The zero-order valence-corrected chi connectivity index (χ0v) is 11.1. The zero-order chi connectivity index (χ0) is 14.2. The van der Waals surface area contributed by atoms with Crippen molar-refractivity contribution in [1.29, 1.82) is 0 Å². The Morgan fingerprint density at radius 1 is 0.857 bits per heavy atom. The summed E-state index contributed by atoms with van der Waals surface area (Å²) in [6.07, 6.45) is 3.36. The Hall–Kier alpha value is -2.94. The highest BCUT2D eigenvalue weighted by Gasteiger charge is 2.08. The van der Waals surface area contributed by atoms with Gasteiger partial charge in [-0.15, -0.1) is 0 Å². The van der Waals surface area contributed by atoms with Crippen molar-refractivity contribution < 1.29 is 4.42 Å². The standard InChI is InChI=1S/C18H11NO2/c20-16-11-17(12-5-7-19-8-6-12)21-18-10-14-4-2-1-3-13(14)9-15(16)18/h1-11H. The fourth-order valence-corrected chi connectivity index (χ4v) is 2.50. The van der Waals surface area contributed by atoms with E-state index in [1.807, 2.05) is 48.5 Å². The Labute approximate surface area is 120 Å². The van der Waals surface area contributed by atoms with E-state index >= 15 is 0 Å². The van der Waals surface area contributed by atoms with E-state index in [4.69, 9.17) is 4.42 Å². The maximum Gasteiger partial charge on any atom is 0.193 e. The van der Waals surface area contributed by atoms with Crippen LogP contribution in [0.2, 0.25) is 0 Å². The van der Waals surface area contributed by atoms with Crippen molar-refractivity contribution in [3.05, 3.63) is 77.2 Å². The molecule has 0 fully saturated rings. The van der Waals surface area contributed by atoms with E-state index in [9.17, 15) is 4.79 Å². The minimum Gasteiger partial charge on any atom is -0.456 e. The van der Waals surface area contributed by atoms with Gasteiger partial charge in [0.05, 0.1) is 5.39 Å². The SMILES string of the molecule is O=c1cc(-c2ccncc2)oc2cc3ccccc3cc12. The molecule has 0 bridgehead atoms. The van der Waals surface area contributed by atoms with Crippen molar-refractivity contribution in [2.24, 2.45) is 0 Å². The second-order valence-corrected chi connectivity index (χ2v) is 4.91. The van der Waals surface area contributed by atoms with Crippen molar-refractivity contribution in [2.45, 2.75) is 0 Å². The van der Waals surface area contributed by atoms with E-state index in [-0.39, 0.29) is 5.43 Å². The third-order valence-corrected chi connectivity index (χ3v) is 3.56. The largest absolute Gasteiger partial charge is 0.456 e. The molecule has 100 valence electrons. The summed E-state index contributed by atoms with van der Waals surface area (Å²) in [5.74, 6) is 0.560. The lowest BCUT2D eigenvalue weighted by Crippen LogP contribution is -2.00. The molecule has 0 aliphatic heterocycles. The van der Waals surface area contributed by atoms with Gasteiger partial charge in [-0.3, -0.25) is 9.78 Å². The number of rotatable bonds is 1. The summed E-state index contributed by atoms with van der Waals surface area (Å²) in [6.45, 7) is 0. The van der Waals surface area contributed by atoms with Crippen LogP contribution in [0.25, 0.3) is 33.1 Å². The third kappa shape index (κ3) is 1.99. The first kappa shape index (κ1) is 11.9. The number of hydrogen-bond donors (Lipinski definition) is 0. The van der Waals surface area contributed by atoms with Gasteiger partial charge in [-0.1, -0.05) is 24.3 Å². The van der Waals surface area contributed by atoms with Crippen molar-refractivity contribution >= 4 is 21.7 Å². The van der Waals surface area contributed by atoms with E-state index in [0.29, 0.717) is 16.7 Å². The summed E-state index contributed by atoms with van der Waals surface area (Å²) in [4.78, 5) is 16.3. The van der Waals surface area contributed by atoms with E-state index < -0.39 is 0 Å². The summed E-state index contributed by atoms with van der Waals surface area (Å²) in [5.41, 5.74) is 1.42. The summed E-state index contributed by atoms with van der Waals surface area (Å²) >= 11 is 0. The Morgan fingerprint density at radius 2 is 1.57 bits per heavy atom. The highest BCUT2D eigenvalue weighted by molar-refractivity contribution is 5.95. The summed E-state index contributed by atoms with van der Waals surface area (Å²) < 4.78 is 5.91. The molecule has 0 amide bonds.